The summed E-state index contributed by atoms with van der Waals surface area (Å²) in [5, 5.41) is 16.7. The quantitative estimate of drug-likeness (QED) is 0.266. The summed E-state index contributed by atoms with van der Waals surface area (Å²) >= 11 is 0. The summed E-state index contributed by atoms with van der Waals surface area (Å²) in [4.78, 5) is 11.1. The van der Waals surface area contributed by atoms with Crippen LogP contribution in [0.15, 0.2) is 29.4 Å². The predicted molar refractivity (Wildman–Crippen MR) is 64.9 cm³/mol. The Morgan fingerprint density at radius 2 is 2.00 bits per heavy atom. The van der Waals surface area contributed by atoms with Gasteiger partial charge in [-0.2, -0.15) is 0 Å². The van der Waals surface area contributed by atoms with Gasteiger partial charge in [-0.1, -0.05) is 29.4 Å². The lowest BCUT2D eigenvalue weighted by Gasteiger charge is -2.06. The van der Waals surface area contributed by atoms with Crippen LogP contribution in [0.2, 0.25) is 0 Å². The van der Waals surface area contributed by atoms with Crippen molar-refractivity contribution in [2.24, 2.45) is 10.9 Å². The summed E-state index contributed by atoms with van der Waals surface area (Å²) < 4.78 is 0. The number of nitrogens with two attached hydrogens (primary N) is 1. The SMILES string of the molecule is CCNC(=O)NCc1ccc(C(N)=NO)cc1. The lowest BCUT2D eigenvalue weighted by Crippen LogP contribution is -2.34. The lowest BCUT2D eigenvalue weighted by molar-refractivity contribution is 0.241. The molecule has 1 rings (SSSR count). The van der Waals surface area contributed by atoms with Gasteiger partial charge in [-0.05, 0) is 12.5 Å². The van der Waals surface area contributed by atoms with Crippen LogP contribution in [0.3, 0.4) is 0 Å². The van der Waals surface area contributed by atoms with E-state index in [-0.39, 0.29) is 11.9 Å². The van der Waals surface area contributed by atoms with E-state index in [4.69, 9.17) is 10.9 Å². The normalized spacial score (nSPS) is 11.0. The monoisotopic (exact) mass is 236 g/mol. The third kappa shape index (κ3) is 4.02. The third-order valence-corrected chi connectivity index (χ3v) is 2.15. The van der Waals surface area contributed by atoms with Gasteiger partial charge in [0, 0.05) is 18.7 Å². The molecule has 0 bridgehead atoms. The first-order chi connectivity index (χ1) is 8.17. The number of hydrogen-bond acceptors (Lipinski definition) is 3. The van der Waals surface area contributed by atoms with E-state index in [0.29, 0.717) is 18.7 Å². The molecule has 0 atom stereocenters. The number of carbonyl (C=O) groups excluding carboxylic acids is 1. The number of amides is 2. The van der Waals surface area contributed by atoms with Crippen LogP contribution in [0.25, 0.3) is 0 Å². The molecular formula is C11H16N4O2. The van der Waals surface area contributed by atoms with Crippen molar-refractivity contribution in [3.63, 3.8) is 0 Å². The second kappa shape index (κ2) is 6.37. The fourth-order valence-corrected chi connectivity index (χ4v) is 1.26. The Morgan fingerprint density at radius 1 is 1.35 bits per heavy atom. The Bertz CT molecular complexity index is 400. The molecule has 0 aliphatic heterocycles. The molecule has 17 heavy (non-hydrogen) atoms. The van der Waals surface area contributed by atoms with Crippen LogP contribution in [0.4, 0.5) is 4.79 Å². The zero-order valence-corrected chi connectivity index (χ0v) is 9.60. The summed E-state index contributed by atoms with van der Waals surface area (Å²) in [6.45, 7) is 2.88. The smallest absolute Gasteiger partial charge is 0.315 e. The Hall–Kier alpha value is -2.24. The lowest BCUT2D eigenvalue weighted by atomic mass is 10.1. The fourth-order valence-electron chi connectivity index (χ4n) is 1.26. The Balaban J connectivity index is 2.54. The molecular weight excluding hydrogens is 220 g/mol. The standard InChI is InChI=1S/C11H16N4O2/c1-2-13-11(16)14-7-8-3-5-9(6-4-8)10(12)15-17/h3-6,17H,2,7H2,1H3,(H2,12,15)(H2,13,14,16). The van der Waals surface area contributed by atoms with Gasteiger partial charge in [0.25, 0.3) is 0 Å². The van der Waals surface area contributed by atoms with Gasteiger partial charge in [0.15, 0.2) is 5.84 Å². The van der Waals surface area contributed by atoms with Crippen LogP contribution >= 0.6 is 0 Å². The first kappa shape index (κ1) is 12.8. The minimum atomic E-state index is -0.201. The van der Waals surface area contributed by atoms with E-state index in [1.165, 1.54) is 0 Å². The number of benzene rings is 1. The molecule has 92 valence electrons. The zero-order chi connectivity index (χ0) is 12.7. The number of hydrogen-bond donors (Lipinski definition) is 4. The van der Waals surface area contributed by atoms with Crippen molar-refractivity contribution in [1.29, 1.82) is 0 Å². The number of amidine groups is 1. The highest BCUT2D eigenvalue weighted by Crippen LogP contribution is 2.03. The summed E-state index contributed by atoms with van der Waals surface area (Å²) in [7, 11) is 0. The minimum absolute atomic E-state index is 0.0632. The number of carbonyl (C=O) groups is 1. The molecule has 0 saturated heterocycles. The minimum Gasteiger partial charge on any atom is -0.409 e. The van der Waals surface area contributed by atoms with E-state index in [1.807, 2.05) is 6.92 Å². The van der Waals surface area contributed by atoms with Crippen LogP contribution < -0.4 is 16.4 Å². The van der Waals surface area contributed by atoms with Crippen LogP contribution in [0, 0.1) is 0 Å². The molecule has 0 fully saturated rings. The Labute approximate surface area is 99.5 Å². The van der Waals surface area contributed by atoms with Gasteiger partial charge >= 0.3 is 6.03 Å². The van der Waals surface area contributed by atoms with Crippen molar-refractivity contribution >= 4 is 11.9 Å². The van der Waals surface area contributed by atoms with E-state index in [2.05, 4.69) is 15.8 Å². The third-order valence-electron chi connectivity index (χ3n) is 2.15. The number of urea groups is 1. The molecule has 1 aromatic rings. The highest BCUT2D eigenvalue weighted by Gasteiger charge is 2.01. The van der Waals surface area contributed by atoms with E-state index < -0.39 is 0 Å². The molecule has 0 spiro atoms. The van der Waals surface area contributed by atoms with E-state index in [1.54, 1.807) is 24.3 Å². The highest BCUT2D eigenvalue weighted by atomic mass is 16.4. The molecule has 6 nitrogen and oxygen atoms in total. The summed E-state index contributed by atoms with van der Waals surface area (Å²) in [5.41, 5.74) is 7.00. The van der Waals surface area contributed by atoms with Gasteiger partial charge in [-0.3, -0.25) is 0 Å². The average Bonchev–Trinajstić information content (AvgIpc) is 2.36. The maximum Gasteiger partial charge on any atom is 0.315 e. The predicted octanol–water partition coefficient (Wildman–Crippen LogP) is 0.600. The van der Waals surface area contributed by atoms with E-state index >= 15 is 0 Å². The highest BCUT2D eigenvalue weighted by molar-refractivity contribution is 5.96. The van der Waals surface area contributed by atoms with Crippen molar-refractivity contribution < 1.29 is 10.0 Å². The van der Waals surface area contributed by atoms with Crippen molar-refractivity contribution in [3.05, 3.63) is 35.4 Å². The molecule has 0 aliphatic carbocycles. The van der Waals surface area contributed by atoms with Crippen LogP contribution in [0.5, 0.6) is 0 Å². The van der Waals surface area contributed by atoms with Crippen molar-refractivity contribution in [3.8, 4) is 0 Å². The van der Waals surface area contributed by atoms with Gasteiger partial charge < -0.3 is 21.6 Å². The largest absolute Gasteiger partial charge is 0.409 e. The number of oxime groups is 1. The molecule has 6 heteroatoms. The van der Waals surface area contributed by atoms with E-state index in [9.17, 15) is 4.79 Å². The molecule has 5 N–H and O–H groups in total. The molecule has 0 saturated carbocycles. The molecule has 0 heterocycles. The molecule has 0 radical (unpaired) electrons. The van der Waals surface area contributed by atoms with Crippen LogP contribution in [-0.4, -0.2) is 23.6 Å². The average molecular weight is 236 g/mol. The van der Waals surface area contributed by atoms with Gasteiger partial charge in [0.1, 0.15) is 0 Å². The fraction of sp³-hybridized carbons (Fsp3) is 0.273. The molecule has 2 amide bonds. The molecule has 0 aromatic heterocycles. The Kier molecular flexibility index (Phi) is 4.80. The number of nitrogens with zero attached hydrogens (tertiary/aromatic N) is 1. The summed E-state index contributed by atoms with van der Waals surface area (Å²) in [6, 6.07) is 6.86. The van der Waals surface area contributed by atoms with Crippen molar-refractivity contribution in [1.82, 2.24) is 10.6 Å². The first-order valence-corrected chi connectivity index (χ1v) is 5.26. The maximum absolute atomic E-state index is 11.1. The Morgan fingerprint density at radius 3 is 2.53 bits per heavy atom. The number of nitrogens with one attached hydrogen (secondary N) is 2. The van der Waals surface area contributed by atoms with Gasteiger partial charge in [-0.15, -0.1) is 0 Å². The van der Waals surface area contributed by atoms with Gasteiger partial charge in [0.05, 0.1) is 0 Å². The second-order valence-electron chi connectivity index (χ2n) is 3.40. The molecule has 0 unspecified atom stereocenters. The summed E-state index contributed by atoms with van der Waals surface area (Å²) in [5.74, 6) is 0.0632. The summed E-state index contributed by atoms with van der Waals surface area (Å²) in [6.07, 6.45) is 0. The van der Waals surface area contributed by atoms with Gasteiger partial charge in [-0.25, -0.2) is 4.79 Å². The van der Waals surface area contributed by atoms with Crippen molar-refractivity contribution in [2.45, 2.75) is 13.5 Å². The maximum atomic E-state index is 11.1. The first-order valence-electron chi connectivity index (χ1n) is 5.26. The van der Waals surface area contributed by atoms with Gasteiger partial charge in [0.2, 0.25) is 0 Å². The topological polar surface area (TPSA) is 99.7 Å². The van der Waals surface area contributed by atoms with E-state index in [0.717, 1.165) is 5.56 Å². The second-order valence-corrected chi connectivity index (χ2v) is 3.40. The van der Waals surface area contributed by atoms with Crippen LogP contribution in [-0.2, 0) is 6.54 Å². The molecule has 0 aliphatic rings. The molecule has 1 aromatic carbocycles. The zero-order valence-electron chi connectivity index (χ0n) is 9.60. The van der Waals surface area contributed by atoms with Crippen molar-refractivity contribution in [2.75, 3.05) is 6.54 Å². The number of rotatable bonds is 4. The van der Waals surface area contributed by atoms with Crippen LogP contribution in [0.1, 0.15) is 18.1 Å².